The van der Waals surface area contributed by atoms with Gasteiger partial charge in [-0.1, -0.05) is 35.4 Å². The third kappa shape index (κ3) is 3.16. The van der Waals surface area contributed by atoms with Crippen molar-refractivity contribution in [2.45, 2.75) is 33.1 Å². The van der Waals surface area contributed by atoms with Crippen molar-refractivity contribution in [3.63, 3.8) is 0 Å². The van der Waals surface area contributed by atoms with Gasteiger partial charge < -0.3 is 10.0 Å². The van der Waals surface area contributed by atoms with Crippen molar-refractivity contribution in [2.24, 2.45) is 11.8 Å². The second-order valence-corrected chi connectivity index (χ2v) is 6.77. The number of amides is 1. The molecule has 1 N–H and O–H groups in total. The summed E-state index contributed by atoms with van der Waals surface area (Å²) in [5.74, 6) is -1.62. The molecular formula is C19H23NO3. The molecule has 4 nitrogen and oxygen atoms in total. The van der Waals surface area contributed by atoms with Crippen LogP contribution in [-0.2, 0) is 9.59 Å². The average Bonchev–Trinajstić information content (AvgIpc) is 2.44. The lowest BCUT2D eigenvalue weighted by Crippen LogP contribution is -2.47. The molecule has 1 aromatic rings. The standard InChI is InChI=1S/C19H23NO3/c1-12-9-13(2)11-15(10-12)14-5-7-20(8-6-14)18(21)16-3-4-17(16)19(22)23/h5,9-11,16-17H,3-4,6-8H2,1-2H3,(H,22,23). The van der Waals surface area contributed by atoms with Crippen LogP contribution in [0, 0.1) is 25.7 Å². The van der Waals surface area contributed by atoms with Crippen LogP contribution in [0.2, 0.25) is 0 Å². The van der Waals surface area contributed by atoms with E-state index in [0.29, 0.717) is 25.9 Å². The molecule has 0 bridgehead atoms. The van der Waals surface area contributed by atoms with Crippen molar-refractivity contribution in [2.75, 3.05) is 13.1 Å². The summed E-state index contributed by atoms with van der Waals surface area (Å²) in [7, 11) is 0. The number of hydrogen-bond donors (Lipinski definition) is 1. The summed E-state index contributed by atoms with van der Waals surface area (Å²) in [6, 6.07) is 6.52. The fourth-order valence-corrected chi connectivity index (χ4v) is 3.62. The Morgan fingerprint density at radius 1 is 1.09 bits per heavy atom. The zero-order valence-electron chi connectivity index (χ0n) is 13.7. The van der Waals surface area contributed by atoms with E-state index in [4.69, 9.17) is 5.11 Å². The normalized spacial score (nSPS) is 23.9. The fraction of sp³-hybridized carbons (Fsp3) is 0.474. The van der Waals surface area contributed by atoms with Crippen LogP contribution in [0.5, 0.6) is 0 Å². The minimum absolute atomic E-state index is 0.0133. The second-order valence-electron chi connectivity index (χ2n) is 6.77. The Labute approximate surface area is 136 Å². The van der Waals surface area contributed by atoms with Crippen LogP contribution in [0.25, 0.3) is 5.57 Å². The van der Waals surface area contributed by atoms with Gasteiger partial charge in [0.1, 0.15) is 0 Å². The maximum Gasteiger partial charge on any atom is 0.307 e. The predicted molar refractivity (Wildman–Crippen MR) is 88.9 cm³/mol. The van der Waals surface area contributed by atoms with E-state index in [1.54, 1.807) is 0 Å². The van der Waals surface area contributed by atoms with Crippen LogP contribution in [0.1, 0.15) is 36.0 Å². The van der Waals surface area contributed by atoms with E-state index in [0.717, 1.165) is 6.42 Å². The van der Waals surface area contributed by atoms with Crippen LogP contribution < -0.4 is 0 Å². The molecule has 0 saturated heterocycles. The SMILES string of the molecule is Cc1cc(C)cc(C2=CCN(C(=O)C3CCC3C(=O)O)CC2)c1. The predicted octanol–water partition coefficient (Wildman–Crippen LogP) is 3.03. The first-order valence-electron chi connectivity index (χ1n) is 8.25. The Kier molecular flexibility index (Phi) is 4.24. The average molecular weight is 313 g/mol. The second kappa shape index (κ2) is 6.19. The maximum atomic E-state index is 12.5. The highest BCUT2D eigenvalue weighted by Gasteiger charge is 2.43. The van der Waals surface area contributed by atoms with Crippen LogP contribution in [0.15, 0.2) is 24.3 Å². The van der Waals surface area contributed by atoms with Gasteiger partial charge in [0.2, 0.25) is 5.91 Å². The van der Waals surface area contributed by atoms with Crippen molar-refractivity contribution in [1.29, 1.82) is 0 Å². The molecule has 0 radical (unpaired) electrons. The van der Waals surface area contributed by atoms with E-state index in [-0.39, 0.29) is 11.8 Å². The van der Waals surface area contributed by atoms with Crippen LogP contribution >= 0.6 is 0 Å². The summed E-state index contributed by atoms with van der Waals surface area (Å²) in [4.78, 5) is 25.4. The Morgan fingerprint density at radius 3 is 2.22 bits per heavy atom. The maximum absolute atomic E-state index is 12.5. The van der Waals surface area contributed by atoms with Crippen molar-refractivity contribution in [3.8, 4) is 0 Å². The van der Waals surface area contributed by atoms with Gasteiger partial charge in [0.25, 0.3) is 0 Å². The van der Waals surface area contributed by atoms with Gasteiger partial charge in [-0.3, -0.25) is 9.59 Å². The molecule has 2 aliphatic rings. The third-order valence-corrected chi connectivity index (χ3v) is 5.02. The number of nitrogens with zero attached hydrogens (tertiary/aromatic N) is 1. The molecule has 1 aromatic carbocycles. The van der Waals surface area contributed by atoms with Crippen molar-refractivity contribution >= 4 is 17.4 Å². The molecule has 0 aromatic heterocycles. The molecule has 1 heterocycles. The van der Waals surface area contributed by atoms with Crippen molar-refractivity contribution in [1.82, 2.24) is 4.90 Å². The third-order valence-electron chi connectivity index (χ3n) is 5.02. The van der Waals surface area contributed by atoms with Crippen LogP contribution in [0.3, 0.4) is 0 Å². The number of aliphatic carboxylic acids is 1. The molecule has 4 heteroatoms. The van der Waals surface area contributed by atoms with E-state index in [9.17, 15) is 9.59 Å². The van der Waals surface area contributed by atoms with Gasteiger partial charge >= 0.3 is 5.97 Å². The molecule has 23 heavy (non-hydrogen) atoms. The van der Waals surface area contributed by atoms with Gasteiger partial charge in [0, 0.05) is 13.1 Å². The van der Waals surface area contributed by atoms with Gasteiger partial charge in [-0.05, 0) is 44.2 Å². The quantitative estimate of drug-likeness (QED) is 0.933. The summed E-state index contributed by atoms with van der Waals surface area (Å²) >= 11 is 0. The minimum Gasteiger partial charge on any atom is -0.481 e. The lowest BCUT2D eigenvalue weighted by atomic mass is 9.72. The smallest absolute Gasteiger partial charge is 0.307 e. The highest BCUT2D eigenvalue weighted by molar-refractivity contribution is 5.87. The Hall–Kier alpha value is -2.10. The number of rotatable bonds is 3. The molecule has 122 valence electrons. The molecule has 2 atom stereocenters. The summed E-state index contributed by atoms with van der Waals surface area (Å²) in [6.45, 7) is 5.46. The number of carbonyl (C=O) groups is 2. The molecule has 1 aliphatic carbocycles. The Bertz CT molecular complexity index is 657. The molecule has 1 amide bonds. The van der Waals surface area contributed by atoms with Gasteiger partial charge in [0.15, 0.2) is 0 Å². The Balaban J connectivity index is 1.68. The highest BCUT2D eigenvalue weighted by Crippen LogP contribution is 2.36. The number of carboxylic acid groups (broad SMARTS) is 1. The molecular weight excluding hydrogens is 290 g/mol. The molecule has 1 saturated carbocycles. The molecule has 0 spiro atoms. The van der Waals surface area contributed by atoms with Gasteiger partial charge in [-0.15, -0.1) is 0 Å². The summed E-state index contributed by atoms with van der Waals surface area (Å²) in [6.07, 6.45) is 4.28. The van der Waals surface area contributed by atoms with Crippen LogP contribution in [-0.4, -0.2) is 35.0 Å². The Morgan fingerprint density at radius 2 is 1.74 bits per heavy atom. The van der Waals surface area contributed by atoms with Gasteiger partial charge in [-0.2, -0.15) is 0 Å². The molecule has 3 rings (SSSR count). The van der Waals surface area contributed by atoms with E-state index in [1.165, 1.54) is 22.3 Å². The fourth-order valence-electron chi connectivity index (χ4n) is 3.62. The van der Waals surface area contributed by atoms with Gasteiger partial charge in [0.05, 0.1) is 11.8 Å². The monoisotopic (exact) mass is 313 g/mol. The first kappa shape index (κ1) is 15.8. The first-order chi connectivity index (χ1) is 11.0. The molecule has 2 unspecified atom stereocenters. The number of aryl methyl sites for hydroxylation is 2. The minimum atomic E-state index is -0.835. The molecule has 1 aliphatic heterocycles. The van der Waals surface area contributed by atoms with Crippen molar-refractivity contribution in [3.05, 3.63) is 41.0 Å². The highest BCUT2D eigenvalue weighted by atomic mass is 16.4. The van der Waals surface area contributed by atoms with E-state index < -0.39 is 11.9 Å². The van der Waals surface area contributed by atoms with E-state index in [2.05, 4.69) is 38.1 Å². The number of carboxylic acids is 1. The summed E-state index contributed by atoms with van der Waals surface area (Å²) in [5.41, 5.74) is 5.02. The largest absolute Gasteiger partial charge is 0.481 e. The van der Waals surface area contributed by atoms with Crippen LogP contribution in [0.4, 0.5) is 0 Å². The lowest BCUT2D eigenvalue weighted by Gasteiger charge is -2.37. The number of benzene rings is 1. The zero-order chi connectivity index (χ0) is 16.6. The zero-order valence-corrected chi connectivity index (χ0v) is 13.7. The van der Waals surface area contributed by atoms with E-state index >= 15 is 0 Å². The number of carbonyl (C=O) groups excluding carboxylic acids is 1. The lowest BCUT2D eigenvalue weighted by molar-refractivity contribution is -0.156. The number of hydrogen-bond acceptors (Lipinski definition) is 2. The van der Waals surface area contributed by atoms with Gasteiger partial charge in [-0.25, -0.2) is 0 Å². The van der Waals surface area contributed by atoms with E-state index in [1.807, 2.05) is 4.90 Å². The molecule has 1 fully saturated rings. The summed E-state index contributed by atoms with van der Waals surface area (Å²) < 4.78 is 0. The summed E-state index contributed by atoms with van der Waals surface area (Å²) in [5, 5.41) is 9.11. The first-order valence-corrected chi connectivity index (χ1v) is 8.25. The van der Waals surface area contributed by atoms with Crippen molar-refractivity contribution < 1.29 is 14.7 Å². The topological polar surface area (TPSA) is 57.6 Å².